The molecule has 1 aliphatic heterocycles. The van der Waals surface area contributed by atoms with Gasteiger partial charge in [-0.1, -0.05) is 0 Å². The van der Waals surface area contributed by atoms with Crippen LogP contribution in [0.4, 0.5) is 23.1 Å². The van der Waals surface area contributed by atoms with E-state index in [2.05, 4.69) is 31.0 Å². The summed E-state index contributed by atoms with van der Waals surface area (Å²) < 4.78 is 0. The molecule has 2 heterocycles. The lowest BCUT2D eigenvalue weighted by molar-refractivity contribution is -0.117. The fourth-order valence-electron chi connectivity index (χ4n) is 2.87. The van der Waals surface area contributed by atoms with Crippen LogP contribution >= 0.6 is 0 Å². The molecule has 0 saturated heterocycles. The van der Waals surface area contributed by atoms with Gasteiger partial charge in [-0.2, -0.15) is 4.98 Å². The Kier molecular flexibility index (Phi) is 4.73. The standard InChI is InChI=1S/C18H22N8O/c19-16(27)7-8-21-17-15(12-1-2-12)9-22-18(25-17)24-13-3-5-14(6-4-13)26-11-20-10-23-26/h3-6,9-10,12H,1-2,7-8,11H2,(H2,19,27)(H,20,23)(H2,21,22,24,25). The Bertz CT molecular complexity index is 839. The number of amides is 1. The number of nitrogens with zero attached hydrogens (tertiary/aromatic N) is 4. The van der Waals surface area contributed by atoms with Crippen molar-refractivity contribution in [3.05, 3.63) is 36.0 Å². The van der Waals surface area contributed by atoms with Gasteiger partial charge in [0.2, 0.25) is 11.9 Å². The van der Waals surface area contributed by atoms with Gasteiger partial charge in [-0.15, -0.1) is 0 Å². The first-order valence-corrected chi connectivity index (χ1v) is 8.97. The Morgan fingerprint density at radius 1 is 1.30 bits per heavy atom. The summed E-state index contributed by atoms with van der Waals surface area (Å²) in [6, 6.07) is 7.92. The van der Waals surface area contributed by atoms with Gasteiger partial charge in [0.15, 0.2) is 0 Å². The van der Waals surface area contributed by atoms with Crippen LogP contribution in [-0.4, -0.2) is 35.4 Å². The van der Waals surface area contributed by atoms with Crippen molar-refractivity contribution in [1.82, 2.24) is 15.4 Å². The Labute approximate surface area is 157 Å². The molecule has 5 N–H and O–H groups in total. The molecular formula is C18H22N8O. The number of nitrogens with one attached hydrogen (secondary N) is 3. The first kappa shape index (κ1) is 17.1. The van der Waals surface area contributed by atoms with Crippen molar-refractivity contribution in [2.45, 2.75) is 25.2 Å². The minimum atomic E-state index is -0.333. The third-order valence-corrected chi connectivity index (χ3v) is 4.46. The van der Waals surface area contributed by atoms with Crippen LogP contribution in [0.1, 0.15) is 30.7 Å². The van der Waals surface area contributed by atoms with Crippen molar-refractivity contribution in [2.24, 2.45) is 10.7 Å². The van der Waals surface area contributed by atoms with Gasteiger partial charge in [0.1, 0.15) is 18.8 Å². The summed E-state index contributed by atoms with van der Waals surface area (Å²) in [5, 5.41) is 8.38. The van der Waals surface area contributed by atoms with Crippen LogP contribution < -0.4 is 26.8 Å². The predicted molar refractivity (Wildman–Crippen MR) is 105 cm³/mol. The first-order valence-electron chi connectivity index (χ1n) is 8.97. The molecule has 1 fully saturated rings. The van der Waals surface area contributed by atoms with E-state index in [-0.39, 0.29) is 12.3 Å². The number of hydrogen-bond donors (Lipinski definition) is 4. The maximum absolute atomic E-state index is 11.0. The van der Waals surface area contributed by atoms with Crippen LogP contribution in [-0.2, 0) is 4.79 Å². The van der Waals surface area contributed by atoms with Gasteiger partial charge >= 0.3 is 0 Å². The van der Waals surface area contributed by atoms with E-state index >= 15 is 0 Å². The van der Waals surface area contributed by atoms with Crippen molar-refractivity contribution in [3.8, 4) is 0 Å². The number of primary amides is 1. The number of rotatable bonds is 8. The summed E-state index contributed by atoms with van der Waals surface area (Å²) in [4.78, 5) is 24.1. The molecule has 0 bridgehead atoms. The zero-order chi connectivity index (χ0) is 18.6. The number of nitrogens with two attached hydrogens (primary N) is 1. The lowest BCUT2D eigenvalue weighted by atomic mass is 10.2. The molecule has 1 aromatic heterocycles. The molecule has 0 unspecified atom stereocenters. The molecule has 0 atom stereocenters. The summed E-state index contributed by atoms with van der Waals surface area (Å²) in [5.41, 5.74) is 11.3. The van der Waals surface area contributed by atoms with E-state index in [1.54, 1.807) is 6.34 Å². The topological polar surface area (TPSA) is 121 Å². The largest absolute Gasteiger partial charge is 0.370 e. The number of carbonyl (C=O) groups excluding carboxylic acids is 1. The first-order chi connectivity index (χ1) is 13.2. The highest BCUT2D eigenvalue weighted by molar-refractivity contribution is 5.74. The number of aromatic nitrogens is 2. The summed E-state index contributed by atoms with van der Waals surface area (Å²) >= 11 is 0. The van der Waals surface area contributed by atoms with E-state index in [1.807, 2.05) is 35.5 Å². The van der Waals surface area contributed by atoms with Crippen LogP contribution in [0.3, 0.4) is 0 Å². The van der Waals surface area contributed by atoms with E-state index in [9.17, 15) is 4.79 Å². The van der Waals surface area contributed by atoms with Crippen LogP contribution in [0.2, 0.25) is 0 Å². The SMILES string of the molecule is NC(=O)CCNc1nc(Nc2ccc(N3CN=CN3)cc2)ncc1C1CC1. The quantitative estimate of drug-likeness (QED) is 0.561. The second kappa shape index (κ2) is 7.48. The molecular weight excluding hydrogens is 344 g/mol. The van der Waals surface area contributed by atoms with Crippen molar-refractivity contribution in [2.75, 3.05) is 28.9 Å². The molecule has 140 valence electrons. The zero-order valence-corrected chi connectivity index (χ0v) is 14.9. The van der Waals surface area contributed by atoms with E-state index in [0.717, 1.165) is 35.6 Å². The molecule has 9 heteroatoms. The average Bonchev–Trinajstić information content (AvgIpc) is 3.36. The Balaban J connectivity index is 1.45. The number of anilines is 4. The maximum Gasteiger partial charge on any atom is 0.229 e. The lowest BCUT2D eigenvalue weighted by Gasteiger charge is -2.17. The Morgan fingerprint density at radius 3 is 2.78 bits per heavy atom. The minimum absolute atomic E-state index is 0.270. The third kappa shape index (κ3) is 4.25. The van der Waals surface area contributed by atoms with Gasteiger partial charge in [-0.25, -0.2) is 4.98 Å². The molecule has 27 heavy (non-hydrogen) atoms. The van der Waals surface area contributed by atoms with Gasteiger partial charge in [0.25, 0.3) is 0 Å². The second-order valence-electron chi connectivity index (χ2n) is 6.60. The highest BCUT2D eigenvalue weighted by Gasteiger charge is 2.27. The second-order valence-corrected chi connectivity index (χ2v) is 6.60. The number of carbonyl (C=O) groups is 1. The number of hydrogen-bond acceptors (Lipinski definition) is 8. The monoisotopic (exact) mass is 366 g/mol. The van der Waals surface area contributed by atoms with E-state index in [0.29, 0.717) is 25.1 Å². The molecule has 9 nitrogen and oxygen atoms in total. The average molecular weight is 366 g/mol. The molecule has 1 aliphatic carbocycles. The van der Waals surface area contributed by atoms with Crippen LogP contribution in [0.25, 0.3) is 0 Å². The van der Waals surface area contributed by atoms with Gasteiger partial charge < -0.3 is 16.4 Å². The van der Waals surface area contributed by atoms with Gasteiger partial charge in [-0.3, -0.25) is 20.2 Å². The number of aliphatic imine (C=N–C) groups is 1. The summed E-state index contributed by atoms with van der Waals surface area (Å²) in [6.07, 6.45) is 6.10. The molecule has 1 saturated carbocycles. The molecule has 2 aromatic rings. The lowest BCUT2D eigenvalue weighted by Crippen LogP contribution is -2.31. The number of benzene rings is 1. The summed E-state index contributed by atoms with van der Waals surface area (Å²) in [5.74, 6) is 1.45. The zero-order valence-electron chi connectivity index (χ0n) is 14.9. The normalized spacial score (nSPS) is 15.5. The Hall–Kier alpha value is -3.36. The highest BCUT2D eigenvalue weighted by atomic mass is 16.1. The fourth-order valence-corrected chi connectivity index (χ4v) is 2.87. The summed E-state index contributed by atoms with van der Waals surface area (Å²) in [6.45, 7) is 1.06. The molecule has 0 radical (unpaired) electrons. The molecule has 4 rings (SSSR count). The van der Waals surface area contributed by atoms with Gasteiger partial charge in [0, 0.05) is 30.4 Å². The summed E-state index contributed by atoms with van der Waals surface area (Å²) in [7, 11) is 0. The van der Waals surface area contributed by atoms with Crippen molar-refractivity contribution < 1.29 is 4.79 Å². The maximum atomic E-state index is 11.0. The van der Waals surface area contributed by atoms with Gasteiger partial charge in [0.05, 0.1) is 5.69 Å². The predicted octanol–water partition coefficient (Wildman–Crippen LogP) is 1.70. The van der Waals surface area contributed by atoms with Crippen molar-refractivity contribution >= 4 is 35.4 Å². The van der Waals surface area contributed by atoms with E-state index in [1.165, 1.54) is 0 Å². The molecule has 1 aromatic carbocycles. The number of hydrazine groups is 1. The van der Waals surface area contributed by atoms with Crippen molar-refractivity contribution in [3.63, 3.8) is 0 Å². The van der Waals surface area contributed by atoms with Crippen LogP contribution in [0, 0.1) is 0 Å². The third-order valence-electron chi connectivity index (χ3n) is 4.46. The fraction of sp³-hybridized carbons (Fsp3) is 0.333. The van der Waals surface area contributed by atoms with Crippen molar-refractivity contribution in [1.29, 1.82) is 0 Å². The Morgan fingerprint density at radius 2 is 2.11 bits per heavy atom. The van der Waals surface area contributed by atoms with E-state index in [4.69, 9.17) is 5.73 Å². The van der Waals surface area contributed by atoms with Gasteiger partial charge in [-0.05, 0) is 43.0 Å². The van der Waals surface area contributed by atoms with Crippen LogP contribution in [0.5, 0.6) is 0 Å². The highest BCUT2D eigenvalue weighted by Crippen LogP contribution is 2.42. The van der Waals surface area contributed by atoms with Crippen LogP contribution in [0.15, 0.2) is 35.5 Å². The van der Waals surface area contributed by atoms with E-state index < -0.39 is 0 Å². The molecule has 1 amide bonds. The minimum Gasteiger partial charge on any atom is -0.370 e. The molecule has 0 spiro atoms. The smallest absolute Gasteiger partial charge is 0.229 e. The molecule has 2 aliphatic rings.